The van der Waals surface area contributed by atoms with Gasteiger partial charge in [0.15, 0.2) is 5.13 Å². The van der Waals surface area contributed by atoms with Gasteiger partial charge >= 0.3 is 0 Å². The number of benzene rings is 2. The van der Waals surface area contributed by atoms with Crippen molar-refractivity contribution in [3.05, 3.63) is 59.5 Å². The minimum absolute atomic E-state index is 0.119. The zero-order chi connectivity index (χ0) is 23.4. The number of carbonyl (C=O) groups is 1. The summed E-state index contributed by atoms with van der Waals surface area (Å²) in [6.45, 7) is 0.492. The van der Waals surface area contributed by atoms with Crippen LogP contribution >= 0.6 is 11.3 Å². The predicted molar refractivity (Wildman–Crippen MR) is 125 cm³/mol. The van der Waals surface area contributed by atoms with Crippen LogP contribution in [0.5, 0.6) is 5.75 Å². The number of hydrogen-bond acceptors (Lipinski definition) is 7. The van der Waals surface area contributed by atoms with E-state index in [-0.39, 0.29) is 17.3 Å². The van der Waals surface area contributed by atoms with Crippen LogP contribution in [0.25, 0.3) is 11.3 Å². The van der Waals surface area contributed by atoms with Crippen molar-refractivity contribution >= 4 is 32.4 Å². The Hall–Kier alpha value is -3.26. The molecule has 0 spiro atoms. The number of aromatic nitrogens is 1. The third kappa shape index (κ3) is 5.06. The van der Waals surface area contributed by atoms with Crippen molar-refractivity contribution in [2.75, 3.05) is 25.5 Å². The van der Waals surface area contributed by atoms with Gasteiger partial charge in [-0.15, -0.1) is 11.3 Å². The number of sulfonamides is 1. The zero-order valence-electron chi connectivity index (χ0n) is 17.9. The number of amides is 1. The van der Waals surface area contributed by atoms with E-state index < -0.39 is 15.9 Å². The highest BCUT2D eigenvalue weighted by atomic mass is 32.2. The van der Waals surface area contributed by atoms with Crippen LogP contribution in [0.15, 0.2) is 58.8 Å². The molecule has 2 heterocycles. The summed E-state index contributed by atoms with van der Waals surface area (Å²) in [6.07, 6.45) is 1.20. The maximum absolute atomic E-state index is 13.0. The molecule has 1 fully saturated rings. The van der Waals surface area contributed by atoms with Crippen LogP contribution in [0.4, 0.5) is 5.13 Å². The molecule has 1 atom stereocenters. The van der Waals surface area contributed by atoms with Gasteiger partial charge in [0.2, 0.25) is 15.9 Å². The summed E-state index contributed by atoms with van der Waals surface area (Å²) in [6, 6.07) is 15.4. The standard InChI is InChI=1S/C23H22N4O4S2/c1-31-19-8-10-20(11-9-19)33(29,30)27-12-2-3-18(14-27)22(28)26-23-25-21(15-32-23)17-6-4-16(13-24)5-7-17/h4-11,15,18H,2-3,12,14H2,1H3,(H,25,26,28). The summed E-state index contributed by atoms with van der Waals surface area (Å²) in [7, 11) is -2.18. The molecule has 4 rings (SSSR count). The SMILES string of the molecule is COc1ccc(S(=O)(=O)N2CCCC(C(=O)Nc3nc(-c4ccc(C#N)cc4)cs3)C2)cc1. The Morgan fingerprint density at radius 3 is 2.61 bits per heavy atom. The summed E-state index contributed by atoms with van der Waals surface area (Å²) < 4.78 is 32.5. The lowest BCUT2D eigenvalue weighted by atomic mass is 9.99. The molecule has 33 heavy (non-hydrogen) atoms. The number of piperidine rings is 1. The van der Waals surface area contributed by atoms with Crippen molar-refractivity contribution in [2.24, 2.45) is 5.92 Å². The lowest BCUT2D eigenvalue weighted by molar-refractivity contribution is -0.120. The van der Waals surface area contributed by atoms with E-state index in [0.717, 1.165) is 5.56 Å². The molecule has 1 amide bonds. The van der Waals surface area contributed by atoms with Crippen LogP contribution in [-0.2, 0) is 14.8 Å². The second kappa shape index (κ2) is 9.70. The Morgan fingerprint density at radius 2 is 1.94 bits per heavy atom. The molecule has 1 aliphatic heterocycles. The summed E-state index contributed by atoms with van der Waals surface area (Å²) >= 11 is 1.30. The first-order valence-corrected chi connectivity index (χ1v) is 12.6. The molecule has 1 aromatic heterocycles. The third-order valence-electron chi connectivity index (χ3n) is 5.50. The van der Waals surface area contributed by atoms with E-state index in [0.29, 0.717) is 41.5 Å². The molecule has 1 N–H and O–H groups in total. The van der Waals surface area contributed by atoms with Crippen molar-refractivity contribution in [3.8, 4) is 23.1 Å². The van der Waals surface area contributed by atoms with Gasteiger partial charge in [0.05, 0.1) is 35.2 Å². The molecular formula is C23H22N4O4S2. The first-order valence-electron chi connectivity index (χ1n) is 10.3. The van der Waals surface area contributed by atoms with E-state index in [2.05, 4.69) is 16.4 Å². The van der Waals surface area contributed by atoms with E-state index in [4.69, 9.17) is 10.00 Å². The fourth-order valence-corrected chi connectivity index (χ4v) is 5.90. The van der Waals surface area contributed by atoms with Gasteiger partial charge < -0.3 is 10.1 Å². The number of nitriles is 1. The van der Waals surface area contributed by atoms with Gasteiger partial charge in [-0.25, -0.2) is 13.4 Å². The van der Waals surface area contributed by atoms with Crippen LogP contribution in [0.2, 0.25) is 0 Å². The van der Waals surface area contributed by atoms with E-state index in [1.54, 1.807) is 24.3 Å². The topological polar surface area (TPSA) is 112 Å². The van der Waals surface area contributed by atoms with Gasteiger partial charge in [0.1, 0.15) is 5.75 Å². The summed E-state index contributed by atoms with van der Waals surface area (Å²) in [5.74, 6) is -0.131. The summed E-state index contributed by atoms with van der Waals surface area (Å²) in [4.78, 5) is 17.5. The largest absolute Gasteiger partial charge is 0.497 e. The van der Waals surface area contributed by atoms with Crippen molar-refractivity contribution in [1.82, 2.24) is 9.29 Å². The molecule has 0 bridgehead atoms. The smallest absolute Gasteiger partial charge is 0.243 e. The molecular weight excluding hydrogens is 460 g/mol. The minimum atomic E-state index is -3.70. The number of ether oxygens (including phenoxy) is 1. The van der Waals surface area contributed by atoms with Crippen LogP contribution in [0.3, 0.4) is 0 Å². The molecule has 10 heteroatoms. The Labute approximate surface area is 196 Å². The second-order valence-corrected chi connectivity index (χ2v) is 10.4. The van der Waals surface area contributed by atoms with Crippen molar-refractivity contribution in [1.29, 1.82) is 5.26 Å². The lowest BCUT2D eigenvalue weighted by Gasteiger charge is -2.31. The Balaban J connectivity index is 1.42. The maximum Gasteiger partial charge on any atom is 0.243 e. The molecule has 3 aromatic rings. The number of rotatable bonds is 6. The highest BCUT2D eigenvalue weighted by Gasteiger charge is 2.33. The van der Waals surface area contributed by atoms with E-state index in [9.17, 15) is 13.2 Å². The fraction of sp³-hybridized carbons (Fsp3) is 0.261. The summed E-state index contributed by atoms with van der Waals surface area (Å²) in [5, 5.41) is 14.0. The molecule has 1 saturated heterocycles. The average molecular weight is 483 g/mol. The molecule has 170 valence electrons. The number of carbonyl (C=O) groups excluding carboxylic acids is 1. The molecule has 1 unspecified atom stereocenters. The Morgan fingerprint density at radius 1 is 1.21 bits per heavy atom. The highest BCUT2D eigenvalue weighted by Crippen LogP contribution is 2.28. The van der Waals surface area contributed by atoms with Gasteiger partial charge in [-0.05, 0) is 49.2 Å². The van der Waals surface area contributed by atoms with Gasteiger partial charge in [0.25, 0.3) is 0 Å². The number of anilines is 1. The summed E-state index contributed by atoms with van der Waals surface area (Å²) in [5.41, 5.74) is 2.11. The minimum Gasteiger partial charge on any atom is -0.497 e. The molecule has 1 aliphatic rings. The molecule has 2 aromatic carbocycles. The van der Waals surface area contributed by atoms with Gasteiger partial charge in [-0.1, -0.05) is 12.1 Å². The van der Waals surface area contributed by atoms with Crippen LogP contribution in [0.1, 0.15) is 18.4 Å². The predicted octanol–water partition coefficient (Wildman–Crippen LogP) is 3.73. The van der Waals surface area contributed by atoms with E-state index in [1.165, 1.54) is 34.9 Å². The lowest BCUT2D eigenvalue weighted by Crippen LogP contribution is -2.43. The molecule has 0 radical (unpaired) electrons. The van der Waals surface area contributed by atoms with Crippen molar-refractivity contribution in [2.45, 2.75) is 17.7 Å². The molecule has 0 aliphatic carbocycles. The van der Waals surface area contributed by atoms with Gasteiger partial charge in [-0.3, -0.25) is 4.79 Å². The zero-order valence-corrected chi connectivity index (χ0v) is 19.5. The number of thiazole rings is 1. The van der Waals surface area contributed by atoms with E-state index >= 15 is 0 Å². The van der Waals surface area contributed by atoms with Gasteiger partial charge in [-0.2, -0.15) is 9.57 Å². The Kier molecular flexibility index (Phi) is 6.74. The monoisotopic (exact) mass is 482 g/mol. The van der Waals surface area contributed by atoms with Crippen LogP contribution < -0.4 is 10.1 Å². The Bertz CT molecular complexity index is 1280. The number of methoxy groups -OCH3 is 1. The maximum atomic E-state index is 13.0. The van der Waals surface area contributed by atoms with Crippen LogP contribution in [-0.4, -0.2) is 43.8 Å². The fourth-order valence-electron chi connectivity index (χ4n) is 3.66. The number of nitrogens with one attached hydrogen (secondary N) is 1. The third-order valence-corrected chi connectivity index (χ3v) is 8.13. The normalized spacial score (nSPS) is 16.7. The quantitative estimate of drug-likeness (QED) is 0.573. The van der Waals surface area contributed by atoms with Crippen molar-refractivity contribution < 1.29 is 17.9 Å². The van der Waals surface area contributed by atoms with Crippen molar-refractivity contribution in [3.63, 3.8) is 0 Å². The molecule has 8 nitrogen and oxygen atoms in total. The number of hydrogen-bond donors (Lipinski definition) is 1. The first kappa shape index (κ1) is 22.9. The van der Waals surface area contributed by atoms with E-state index in [1.807, 2.05) is 17.5 Å². The number of nitrogens with zero attached hydrogens (tertiary/aromatic N) is 3. The van der Waals surface area contributed by atoms with Crippen LogP contribution in [0, 0.1) is 17.2 Å². The average Bonchev–Trinajstić information content (AvgIpc) is 3.32. The highest BCUT2D eigenvalue weighted by molar-refractivity contribution is 7.89. The first-order chi connectivity index (χ1) is 15.9. The second-order valence-electron chi connectivity index (χ2n) is 7.59. The van der Waals surface area contributed by atoms with Gasteiger partial charge in [0, 0.05) is 24.0 Å². The molecule has 0 saturated carbocycles.